The topological polar surface area (TPSA) is 120 Å². The number of azide groups is 1. The largest absolute Gasteiger partial charge is 0.463 e. The molecule has 1 rings (SSSR count). The lowest BCUT2D eigenvalue weighted by molar-refractivity contribution is -0.234. The zero-order chi connectivity index (χ0) is 15.1. The first-order valence-corrected chi connectivity index (χ1v) is 6.01. The van der Waals surface area contributed by atoms with E-state index in [2.05, 4.69) is 10.0 Å². The Bertz CT molecular complexity index is 409. The van der Waals surface area contributed by atoms with E-state index in [1.807, 2.05) is 0 Å². The molecule has 0 aromatic carbocycles. The zero-order valence-electron chi connectivity index (χ0n) is 11.5. The SMILES string of the molecule is CO[C@H]1C[C@H](N=[N+]=[N-])[C@@H](OC(C)=O)[C@@H](COC(C)=O)O1. The van der Waals surface area contributed by atoms with Gasteiger partial charge in [-0.25, -0.2) is 0 Å². The fourth-order valence-electron chi connectivity index (χ4n) is 1.92. The van der Waals surface area contributed by atoms with Gasteiger partial charge in [0.05, 0.1) is 6.04 Å². The Morgan fingerprint density at radius 1 is 1.40 bits per heavy atom. The van der Waals surface area contributed by atoms with Crippen LogP contribution in [0.15, 0.2) is 5.11 Å². The second-order valence-electron chi connectivity index (χ2n) is 4.22. The van der Waals surface area contributed by atoms with Gasteiger partial charge in [0.25, 0.3) is 0 Å². The van der Waals surface area contributed by atoms with Gasteiger partial charge in [-0.15, -0.1) is 0 Å². The minimum absolute atomic E-state index is 0.120. The van der Waals surface area contributed by atoms with E-state index in [-0.39, 0.29) is 13.0 Å². The molecule has 9 heteroatoms. The third-order valence-corrected chi connectivity index (χ3v) is 2.72. The highest BCUT2D eigenvalue weighted by atomic mass is 16.7. The second kappa shape index (κ2) is 7.68. The molecular formula is C11H17N3O6. The summed E-state index contributed by atoms with van der Waals surface area (Å²) in [7, 11) is 1.44. The average Bonchev–Trinajstić information content (AvgIpc) is 2.38. The van der Waals surface area contributed by atoms with Crippen molar-refractivity contribution in [3.8, 4) is 0 Å². The number of rotatable bonds is 5. The van der Waals surface area contributed by atoms with Gasteiger partial charge in [0.15, 0.2) is 6.29 Å². The lowest BCUT2D eigenvalue weighted by Gasteiger charge is -2.38. The molecule has 0 radical (unpaired) electrons. The van der Waals surface area contributed by atoms with Crippen molar-refractivity contribution in [2.75, 3.05) is 13.7 Å². The Balaban J connectivity index is 2.88. The standard InChI is InChI=1S/C11H17N3O6/c1-6(15)18-5-9-11(19-7(2)16)8(13-14-12)4-10(17-3)20-9/h8-11H,4-5H2,1-3H3/t8-,9+,10+,11+/m0/s1. The summed E-state index contributed by atoms with van der Waals surface area (Å²) in [5.41, 5.74) is 8.58. The molecule has 4 atom stereocenters. The first kappa shape index (κ1) is 16.2. The van der Waals surface area contributed by atoms with E-state index in [9.17, 15) is 9.59 Å². The van der Waals surface area contributed by atoms with Crippen molar-refractivity contribution in [3.63, 3.8) is 0 Å². The molecule has 0 saturated carbocycles. The van der Waals surface area contributed by atoms with Crippen molar-refractivity contribution >= 4 is 11.9 Å². The average molecular weight is 287 g/mol. The van der Waals surface area contributed by atoms with Gasteiger partial charge in [0.1, 0.15) is 18.8 Å². The summed E-state index contributed by atoms with van der Waals surface area (Å²) in [5.74, 6) is -1.03. The van der Waals surface area contributed by atoms with E-state index in [0.29, 0.717) is 0 Å². The minimum Gasteiger partial charge on any atom is -0.463 e. The van der Waals surface area contributed by atoms with Crippen LogP contribution < -0.4 is 0 Å². The molecule has 9 nitrogen and oxygen atoms in total. The van der Waals surface area contributed by atoms with Gasteiger partial charge < -0.3 is 18.9 Å². The molecule has 0 spiro atoms. The van der Waals surface area contributed by atoms with Crippen molar-refractivity contribution in [2.24, 2.45) is 5.11 Å². The summed E-state index contributed by atoms with van der Waals surface area (Å²) in [5, 5.41) is 3.60. The van der Waals surface area contributed by atoms with Crippen molar-refractivity contribution < 1.29 is 28.5 Å². The van der Waals surface area contributed by atoms with Crippen LogP contribution in [0.2, 0.25) is 0 Å². The van der Waals surface area contributed by atoms with E-state index in [0.717, 1.165) is 0 Å². The maximum atomic E-state index is 11.1. The van der Waals surface area contributed by atoms with Gasteiger partial charge in [0.2, 0.25) is 0 Å². The van der Waals surface area contributed by atoms with E-state index >= 15 is 0 Å². The van der Waals surface area contributed by atoms with E-state index < -0.39 is 36.5 Å². The van der Waals surface area contributed by atoms with Gasteiger partial charge in [-0.1, -0.05) is 5.11 Å². The Labute approximate surface area is 115 Å². The minimum atomic E-state index is -0.825. The molecule has 1 aliphatic heterocycles. The molecule has 0 aliphatic carbocycles. The summed E-state index contributed by atoms with van der Waals surface area (Å²) in [6.45, 7) is 2.37. The number of hydrogen-bond acceptors (Lipinski definition) is 7. The van der Waals surface area contributed by atoms with Gasteiger partial charge in [-0.3, -0.25) is 9.59 Å². The highest BCUT2D eigenvalue weighted by Gasteiger charge is 2.41. The smallest absolute Gasteiger partial charge is 0.303 e. The van der Waals surface area contributed by atoms with E-state index in [1.54, 1.807) is 0 Å². The number of ether oxygens (including phenoxy) is 4. The molecule has 0 N–H and O–H groups in total. The summed E-state index contributed by atoms with van der Waals surface area (Å²) < 4.78 is 20.6. The molecular weight excluding hydrogens is 270 g/mol. The van der Waals surface area contributed by atoms with E-state index in [4.69, 9.17) is 24.5 Å². The van der Waals surface area contributed by atoms with Gasteiger partial charge in [-0.2, -0.15) is 0 Å². The molecule has 0 aromatic rings. The van der Waals surface area contributed by atoms with Crippen LogP contribution in [0.5, 0.6) is 0 Å². The Morgan fingerprint density at radius 3 is 2.60 bits per heavy atom. The first-order chi connectivity index (χ1) is 9.47. The molecule has 0 unspecified atom stereocenters. The van der Waals surface area contributed by atoms with Crippen LogP contribution in [0.4, 0.5) is 0 Å². The fraction of sp³-hybridized carbons (Fsp3) is 0.818. The lowest BCUT2D eigenvalue weighted by Crippen LogP contribution is -2.52. The number of methoxy groups -OCH3 is 1. The van der Waals surface area contributed by atoms with Gasteiger partial charge >= 0.3 is 11.9 Å². The predicted molar refractivity (Wildman–Crippen MR) is 65.4 cm³/mol. The number of hydrogen-bond donors (Lipinski definition) is 0. The molecule has 1 heterocycles. The monoisotopic (exact) mass is 287 g/mol. The lowest BCUT2D eigenvalue weighted by atomic mass is 9.99. The maximum Gasteiger partial charge on any atom is 0.303 e. The van der Waals surface area contributed by atoms with Crippen LogP contribution in [-0.2, 0) is 28.5 Å². The summed E-state index contributed by atoms with van der Waals surface area (Å²) in [6.07, 6.45) is -1.96. The van der Waals surface area contributed by atoms with E-state index in [1.165, 1.54) is 21.0 Å². The highest BCUT2D eigenvalue weighted by Crippen LogP contribution is 2.26. The normalized spacial score (nSPS) is 29.1. The number of carbonyl (C=O) groups is 2. The maximum absolute atomic E-state index is 11.1. The molecule has 0 bridgehead atoms. The first-order valence-electron chi connectivity index (χ1n) is 6.01. The summed E-state index contributed by atoms with van der Waals surface area (Å²) >= 11 is 0. The van der Waals surface area contributed by atoms with Crippen molar-refractivity contribution in [3.05, 3.63) is 10.4 Å². The predicted octanol–water partition coefficient (Wildman–Crippen LogP) is 0.921. The molecule has 20 heavy (non-hydrogen) atoms. The van der Waals surface area contributed by atoms with Crippen LogP contribution >= 0.6 is 0 Å². The summed E-state index contributed by atoms with van der Waals surface area (Å²) in [6, 6.07) is -0.650. The molecule has 1 fully saturated rings. The van der Waals surface area contributed by atoms with Gasteiger partial charge in [0, 0.05) is 32.3 Å². The molecule has 0 amide bonds. The third kappa shape index (κ3) is 4.69. The Hall–Kier alpha value is -1.83. The zero-order valence-corrected chi connectivity index (χ0v) is 11.5. The van der Waals surface area contributed by atoms with Crippen molar-refractivity contribution in [1.82, 2.24) is 0 Å². The number of nitrogens with zero attached hydrogens (tertiary/aromatic N) is 3. The van der Waals surface area contributed by atoms with Crippen LogP contribution in [-0.4, -0.2) is 50.2 Å². The molecule has 112 valence electrons. The van der Waals surface area contributed by atoms with Gasteiger partial charge in [-0.05, 0) is 5.53 Å². The second-order valence-corrected chi connectivity index (χ2v) is 4.22. The van der Waals surface area contributed by atoms with Crippen LogP contribution in [0.1, 0.15) is 20.3 Å². The molecule has 1 aliphatic rings. The highest BCUT2D eigenvalue weighted by molar-refractivity contribution is 5.66. The quantitative estimate of drug-likeness (QED) is 0.321. The van der Waals surface area contributed by atoms with Crippen molar-refractivity contribution in [2.45, 2.75) is 44.8 Å². The number of carbonyl (C=O) groups excluding carboxylic acids is 2. The van der Waals surface area contributed by atoms with Crippen LogP contribution in [0, 0.1) is 0 Å². The molecule has 1 saturated heterocycles. The summed E-state index contributed by atoms with van der Waals surface area (Å²) in [4.78, 5) is 24.7. The fourth-order valence-corrected chi connectivity index (χ4v) is 1.92. The van der Waals surface area contributed by atoms with Crippen LogP contribution in [0.3, 0.4) is 0 Å². The molecule has 0 aromatic heterocycles. The van der Waals surface area contributed by atoms with Crippen LogP contribution in [0.25, 0.3) is 10.4 Å². The number of esters is 2. The Morgan fingerprint density at radius 2 is 2.10 bits per heavy atom. The third-order valence-electron chi connectivity index (χ3n) is 2.72. The Kier molecular flexibility index (Phi) is 6.23. The van der Waals surface area contributed by atoms with Crippen molar-refractivity contribution in [1.29, 1.82) is 0 Å².